The van der Waals surface area contributed by atoms with E-state index < -0.39 is 74.0 Å². The number of phenols is 1. The number of benzene rings is 1. The smallest absolute Gasteiger partial charge is 0.331 e. The lowest BCUT2D eigenvalue weighted by Gasteiger charge is -2.46. The number of Topliss-reactive ketones (excluding diaryl/α,β-unsaturated/α-hetero) is 1. The van der Waals surface area contributed by atoms with Gasteiger partial charge in [-0.2, -0.15) is 0 Å². The Balaban J connectivity index is 1.78. The van der Waals surface area contributed by atoms with E-state index in [4.69, 9.17) is 23.7 Å². The summed E-state index contributed by atoms with van der Waals surface area (Å²) in [5.74, 6) is -0.904. The van der Waals surface area contributed by atoms with Gasteiger partial charge in [0.2, 0.25) is 0 Å². The summed E-state index contributed by atoms with van der Waals surface area (Å²) in [5.41, 5.74) is 1.87. The van der Waals surface area contributed by atoms with Crippen LogP contribution in [0.3, 0.4) is 0 Å². The quantitative estimate of drug-likeness (QED) is 0.101. The monoisotopic (exact) mass is 622 g/mol. The predicted octanol–water partition coefficient (Wildman–Crippen LogP) is 0.496. The SMILES string of the molecule is C=C(C)C(=O)CCC(C)=CCOC1OC(CO)C(OC(=O)C=Cc2ccc(O)cc2)C(OC2OC(C)C(O)C(O)C2O)C1O. The van der Waals surface area contributed by atoms with E-state index in [1.54, 1.807) is 32.1 Å². The Morgan fingerprint density at radius 1 is 0.932 bits per heavy atom. The largest absolute Gasteiger partial charge is 0.508 e. The highest BCUT2D eigenvalue weighted by Gasteiger charge is 2.52. The maximum atomic E-state index is 12.8. The molecule has 0 radical (unpaired) electrons. The summed E-state index contributed by atoms with van der Waals surface area (Å²) in [6, 6.07) is 5.99. The van der Waals surface area contributed by atoms with Gasteiger partial charge in [-0.1, -0.05) is 30.4 Å². The summed E-state index contributed by atoms with van der Waals surface area (Å²) in [6.07, 6.45) is -9.60. The van der Waals surface area contributed by atoms with Gasteiger partial charge in [-0.05, 0) is 56.5 Å². The zero-order valence-corrected chi connectivity index (χ0v) is 24.9. The Kier molecular flexibility index (Phi) is 13.2. The van der Waals surface area contributed by atoms with Gasteiger partial charge in [-0.15, -0.1) is 0 Å². The van der Waals surface area contributed by atoms with Gasteiger partial charge < -0.3 is 54.3 Å². The normalized spacial score (nSPS) is 32.9. The van der Waals surface area contributed by atoms with E-state index in [1.807, 2.05) is 0 Å². The van der Waals surface area contributed by atoms with Crippen molar-refractivity contribution in [3.63, 3.8) is 0 Å². The van der Waals surface area contributed by atoms with Crippen molar-refractivity contribution in [2.75, 3.05) is 13.2 Å². The second kappa shape index (κ2) is 16.4. The van der Waals surface area contributed by atoms with E-state index in [1.165, 1.54) is 25.1 Å². The summed E-state index contributed by atoms with van der Waals surface area (Å²) in [6.45, 7) is 7.79. The fourth-order valence-corrected chi connectivity index (χ4v) is 4.59. The molecule has 1 aromatic rings. The van der Waals surface area contributed by atoms with Crippen LogP contribution in [0.1, 0.15) is 39.2 Å². The first-order valence-electron chi connectivity index (χ1n) is 14.3. The van der Waals surface area contributed by atoms with Gasteiger partial charge in [0.05, 0.1) is 19.3 Å². The van der Waals surface area contributed by atoms with Gasteiger partial charge in [0.25, 0.3) is 0 Å². The Morgan fingerprint density at radius 2 is 1.61 bits per heavy atom. The summed E-state index contributed by atoms with van der Waals surface area (Å²) < 4.78 is 28.4. The fourth-order valence-electron chi connectivity index (χ4n) is 4.59. The number of aromatic hydroxyl groups is 1. The standard InChI is InChI=1S/C31H42O13/c1-16(2)21(34)11-5-17(3)13-14-40-30-27(39)29(44-31-26(38)25(37)24(36)18(4)41-31)28(22(15-32)42-30)43-23(35)12-8-19-6-9-20(33)10-7-19/h6-10,12-13,18,22,24-33,36-39H,1,5,11,14-15H2,2-4H3. The van der Waals surface area contributed by atoms with Crippen LogP contribution in [0.15, 0.2) is 54.1 Å². The highest BCUT2D eigenvalue weighted by atomic mass is 16.7. The number of aliphatic hydroxyl groups excluding tert-OH is 5. The fraction of sp³-hybridized carbons (Fsp3) is 0.548. The number of hydrogen-bond acceptors (Lipinski definition) is 13. The molecule has 10 atom stereocenters. The number of ketones is 1. The van der Waals surface area contributed by atoms with Gasteiger partial charge in [0.1, 0.15) is 42.4 Å². The minimum absolute atomic E-state index is 0.0447. The molecule has 2 fully saturated rings. The Bertz CT molecular complexity index is 1180. The zero-order valence-electron chi connectivity index (χ0n) is 24.9. The lowest BCUT2D eigenvalue weighted by Crippen LogP contribution is -2.65. The molecule has 6 N–H and O–H groups in total. The second-order valence-corrected chi connectivity index (χ2v) is 10.9. The molecule has 244 valence electrons. The van der Waals surface area contributed by atoms with Crippen LogP contribution in [0.2, 0.25) is 0 Å². The number of rotatable bonds is 13. The van der Waals surface area contributed by atoms with Gasteiger partial charge in [0.15, 0.2) is 24.5 Å². The molecule has 0 spiro atoms. The molecule has 0 amide bonds. The average molecular weight is 623 g/mol. The number of carbonyl (C=O) groups excluding carboxylic acids is 2. The molecule has 2 heterocycles. The molecule has 2 aliphatic rings. The van der Waals surface area contributed by atoms with Crippen molar-refractivity contribution in [3.8, 4) is 5.75 Å². The Hall–Kier alpha value is -2.98. The van der Waals surface area contributed by atoms with E-state index in [-0.39, 0.29) is 24.6 Å². The Morgan fingerprint density at radius 3 is 2.25 bits per heavy atom. The van der Waals surface area contributed by atoms with Crippen molar-refractivity contribution in [2.45, 2.75) is 95.0 Å². The molecule has 0 saturated carbocycles. The number of esters is 1. The van der Waals surface area contributed by atoms with Crippen molar-refractivity contribution in [2.24, 2.45) is 0 Å². The van der Waals surface area contributed by atoms with Gasteiger partial charge in [-0.25, -0.2) is 4.79 Å². The molecule has 10 unspecified atom stereocenters. The van der Waals surface area contributed by atoms with Crippen LogP contribution < -0.4 is 0 Å². The van der Waals surface area contributed by atoms with Crippen molar-refractivity contribution in [3.05, 3.63) is 59.7 Å². The van der Waals surface area contributed by atoms with E-state index in [0.29, 0.717) is 17.6 Å². The molecule has 3 rings (SSSR count). The van der Waals surface area contributed by atoms with Crippen molar-refractivity contribution in [1.29, 1.82) is 0 Å². The topological polar surface area (TPSA) is 202 Å². The number of ether oxygens (including phenoxy) is 5. The molecule has 0 bridgehead atoms. The lowest BCUT2D eigenvalue weighted by atomic mass is 9.97. The molecule has 44 heavy (non-hydrogen) atoms. The number of phenolic OH excluding ortho intramolecular Hbond substituents is 1. The Labute approximate surface area is 255 Å². The highest BCUT2D eigenvalue weighted by Crippen LogP contribution is 2.31. The first-order chi connectivity index (χ1) is 20.8. The third-order valence-corrected chi connectivity index (χ3v) is 7.37. The molecule has 13 heteroatoms. The molecule has 2 aliphatic heterocycles. The van der Waals surface area contributed by atoms with E-state index >= 15 is 0 Å². The number of aliphatic hydroxyl groups is 5. The van der Waals surface area contributed by atoms with Crippen molar-refractivity contribution < 1.29 is 63.9 Å². The summed E-state index contributed by atoms with van der Waals surface area (Å²) in [7, 11) is 0. The van der Waals surface area contributed by atoms with E-state index in [2.05, 4.69) is 6.58 Å². The molecular formula is C31H42O13. The van der Waals surface area contributed by atoms with Crippen LogP contribution in [-0.2, 0) is 33.3 Å². The first-order valence-corrected chi connectivity index (χ1v) is 14.3. The van der Waals surface area contributed by atoms with Crippen LogP contribution in [0.5, 0.6) is 5.75 Å². The van der Waals surface area contributed by atoms with Crippen LogP contribution in [0, 0.1) is 0 Å². The molecule has 2 saturated heterocycles. The van der Waals surface area contributed by atoms with Crippen LogP contribution in [0.4, 0.5) is 0 Å². The summed E-state index contributed by atoms with van der Waals surface area (Å²) in [5, 5.41) is 61.7. The van der Waals surface area contributed by atoms with Gasteiger partial charge in [0, 0.05) is 12.5 Å². The van der Waals surface area contributed by atoms with Crippen molar-refractivity contribution >= 4 is 17.8 Å². The third kappa shape index (κ3) is 9.51. The maximum absolute atomic E-state index is 12.8. The van der Waals surface area contributed by atoms with Crippen LogP contribution in [-0.4, -0.2) is 117 Å². The first kappa shape index (κ1) is 35.5. The molecule has 0 aliphatic carbocycles. The predicted molar refractivity (Wildman–Crippen MR) is 155 cm³/mol. The van der Waals surface area contributed by atoms with Crippen LogP contribution >= 0.6 is 0 Å². The van der Waals surface area contributed by atoms with E-state index in [0.717, 1.165) is 11.6 Å². The van der Waals surface area contributed by atoms with E-state index in [9.17, 15) is 40.2 Å². The molecule has 0 aromatic heterocycles. The highest BCUT2D eigenvalue weighted by molar-refractivity contribution is 5.94. The summed E-state index contributed by atoms with van der Waals surface area (Å²) >= 11 is 0. The molecule has 13 nitrogen and oxygen atoms in total. The lowest BCUT2D eigenvalue weighted by molar-refractivity contribution is -0.356. The van der Waals surface area contributed by atoms with Crippen molar-refractivity contribution in [1.82, 2.24) is 0 Å². The molecular weight excluding hydrogens is 580 g/mol. The minimum atomic E-state index is -1.73. The number of carbonyl (C=O) groups is 2. The van der Waals surface area contributed by atoms with Gasteiger partial charge in [-0.3, -0.25) is 4.79 Å². The number of hydrogen-bond donors (Lipinski definition) is 6. The summed E-state index contributed by atoms with van der Waals surface area (Å²) in [4.78, 5) is 24.6. The molecule has 1 aromatic carbocycles. The average Bonchev–Trinajstić information content (AvgIpc) is 2.99. The third-order valence-electron chi connectivity index (χ3n) is 7.37. The maximum Gasteiger partial charge on any atom is 0.331 e. The number of allylic oxidation sites excluding steroid dienone is 2. The van der Waals surface area contributed by atoms with Crippen LogP contribution in [0.25, 0.3) is 6.08 Å². The minimum Gasteiger partial charge on any atom is -0.508 e. The van der Waals surface area contributed by atoms with Gasteiger partial charge >= 0.3 is 5.97 Å². The second-order valence-electron chi connectivity index (χ2n) is 10.9. The zero-order chi connectivity index (χ0) is 32.6.